The number of nitrogens with zero attached hydrogens (tertiary/aromatic N) is 1. The predicted octanol–water partition coefficient (Wildman–Crippen LogP) is 8.20. The molecule has 0 amide bonds. The first-order chi connectivity index (χ1) is 12.9. The molecule has 1 saturated carbocycles. The average molecular weight is 370 g/mol. The molecule has 1 rings (SSSR count). The number of hydrogen-bond acceptors (Lipinski definition) is 1. The highest BCUT2D eigenvalue weighted by atomic mass is 19.1. The van der Waals surface area contributed by atoms with Crippen LogP contribution in [0.25, 0.3) is 0 Å². The van der Waals surface area contributed by atoms with Gasteiger partial charge in [0.1, 0.15) is 5.83 Å². The first-order valence-electron chi connectivity index (χ1n) is 10.2. The zero-order valence-corrected chi connectivity index (χ0v) is 17.8. The van der Waals surface area contributed by atoms with E-state index in [1.807, 2.05) is 38.2 Å². The molecule has 0 unspecified atom stereocenters. The lowest BCUT2D eigenvalue weighted by Gasteiger charge is -2.37. The summed E-state index contributed by atoms with van der Waals surface area (Å²) < 4.78 is 13.2. The summed E-state index contributed by atoms with van der Waals surface area (Å²) in [6, 6.07) is 0. The molecule has 0 heterocycles. The second-order valence-electron chi connectivity index (χ2n) is 7.33. The lowest BCUT2D eigenvalue weighted by molar-refractivity contribution is 0.273. The maximum atomic E-state index is 13.2. The first-order valence-corrected chi connectivity index (χ1v) is 10.2. The largest absolute Gasteiger partial charge is 0.257 e. The molecule has 0 aromatic heterocycles. The molecule has 0 aromatic carbocycles. The van der Waals surface area contributed by atoms with Crippen LogP contribution in [0.3, 0.4) is 0 Å². The highest BCUT2D eigenvalue weighted by molar-refractivity contribution is 5.89. The molecule has 1 aliphatic rings. The Kier molecular flexibility index (Phi) is 9.99. The Labute approximate surface area is 165 Å². The van der Waals surface area contributed by atoms with E-state index in [0.717, 1.165) is 23.3 Å². The lowest BCUT2D eigenvalue weighted by atomic mass is 9.69. The minimum Gasteiger partial charge on any atom is -0.257 e. The van der Waals surface area contributed by atoms with Crippen molar-refractivity contribution in [3.63, 3.8) is 0 Å². The minimum atomic E-state index is -0.450. The molecule has 0 atom stereocenters. The van der Waals surface area contributed by atoms with E-state index in [2.05, 4.69) is 33.4 Å². The van der Waals surface area contributed by atoms with Crippen LogP contribution >= 0.6 is 0 Å². The van der Waals surface area contributed by atoms with Crippen LogP contribution < -0.4 is 0 Å². The third-order valence-electron chi connectivity index (χ3n) is 5.59. The van der Waals surface area contributed by atoms with E-state index in [9.17, 15) is 4.39 Å². The number of halogens is 1. The Morgan fingerprint density at radius 3 is 2.22 bits per heavy atom. The summed E-state index contributed by atoms with van der Waals surface area (Å²) in [5.74, 6) is -0.450. The van der Waals surface area contributed by atoms with Crippen LogP contribution in [0.4, 0.5) is 4.39 Å². The van der Waals surface area contributed by atoms with E-state index < -0.39 is 5.83 Å². The Bertz CT molecular complexity index is 677. The maximum Gasteiger partial charge on any atom is 0.116 e. The van der Waals surface area contributed by atoms with E-state index in [-0.39, 0.29) is 5.41 Å². The third kappa shape index (κ3) is 6.93. The number of rotatable bonds is 8. The van der Waals surface area contributed by atoms with E-state index >= 15 is 0 Å². The molecule has 0 bridgehead atoms. The normalized spacial score (nSPS) is 19.9. The fourth-order valence-corrected chi connectivity index (χ4v) is 3.75. The van der Waals surface area contributed by atoms with Crippen LogP contribution in [-0.2, 0) is 0 Å². The topological polar surface area (TPSA) is 12.4 Å². The van der Waals surface area contributed by atoms with Crippen molar-refractivity contribution in [2.24, 2.45) is 10.4 Å². The van der Waals surface area contributed by atoms with Gasteiger partial charge in [-0.15, -0.1) is 0 Å². The summed E-state index contributed by atoms with van der Waals surface area (Å²) in [6.07, 6.45) is 20.6. The van der Waals surface area contributed by atoms with Crippen molar-refractivity contribution in [3.8, 4) is 0 Å². The zero-order valence-electron chi connectivity index (χ0n) is 17.8. The van der Waals surface area contributed by atoms with Gasteiger partial charge < -0.3 is 0 Å². The van der Waals surface area contributed by atoms with Gasteiger partial charge in [-0.05, 0) is 64.2 Å². The van der Waals surface area contributed by atoms with Crippen molar-refractivity contribution in [2.45, 2.75) is 73.1 Å². The predicted molar refractivity (Wildman–Crippen MR) is 119 cm³/mol. The second-order valence-corrected chi connectivity index (χ2v) is 7.33. The van der Waals surface area contributed by atoms with Gasteiger partial charge in [-0.1, -0.05) is 69.2 Å². The van der Waals surface area contributed by atoms with Crippen molar-refractivity contribution in [2.75, 3.05) is 0 Å². The van der Waals surface area contributed by atoms with Crippen LogP contribution in [0.5, 0.6) is 0 Å². The number of aliphatic imine (C=N–C) groups is 1. The van der Waals surface area contributed by atoms with Crippen LogP contribution in [0.1, 0.15) is 73.1 Å². The molecule has 0 aliphatic heterocycles. The van der Waals surface area contributed by atoms with Crippen molar-refractivity contribution in [3.05, 3.63) is 71.8 Å². The molecule has 1 fully saturated rings. The number of hydrogen-bond donors (Lipinski definition) is 0. The van der Waals surface area contributed by atoms with E-state index in [1.54, 1.807) is 6.08 Å². The van der Waals surface area contributed by atoms with Gasteiger partial charge >= 0.3 is 0 Å². The van der Waals surface area contributed by atoms with Gasteiger partial charge in [-0.2, -0.15) is 0 Å². The van der Waals surface area contributed by atoms with E-state index in [1.165, 1.54) is 43.9 Å². The number of allylic oxidation sites excluding steroid dienone is 9. The molecule has 0 N–H and O–H groups in total. The average Bonchev–Trinajstić information content (AvgIpc) is 2.67. The minimum absolute atomic E-state index is 0.197. The quantitative estimate of drug-likeness (QED) is 0.302. The van der Waals surface area contributed by atoms with Crippen molar-refractivity contribution < 1.29 is 4.39 Å². The van der Waals surface area contributed by atoms with E-state index in [4.69, 9.17) is 4.99 Å². The van der Waals surface area contributed by atoms with Crippen LogP contribution in [0.2, 0.25) is 0 Å². The van der Waals surface area contributed by atoms with Crippen molar-refractivity contribution >= 4 is 5.71 Å². The molecule has 148 valence electrons. The smallest absolute Gasteiger partial charge is 0.116 e. The summed E-state index contributed by atoms with van der Waals surface area (Å²) in [5.41, 5.74) is 4.29. The monoisotopic (exact) mass is 369 g/mol. The molecule has 0 radical (unpaired) electrons. The second kappa shape index (κ2) is 11.7. The molecule has 27 heavy (non-hydrogen) atoms. The molecule has 1 nitrogen and oxygen atoms in total. The van der Waals surface area contributed by atoms with Crippen LogP contribution in [0.15, 0.2) is 76.8 Å². The standard InChI is InChI=1S/C25H36FN/c1-7-10-12-15-20(4)24(23(8-2)17-16-21(5)26)27-22(6)25(9-3)18-13-11-14-19-25/h7-8,10,12,15-17H,5,9,11,13-14,18-19H2,1-4,6H3/b10-7-,15-12-,17-16-,23-8?,24-20+,27-22?. The van der Waals surface area contributed by atoms with Crippen molar-refractivity contribution in [1.82, 2.24) is 0 Å². The Balaban J connectivity index is 3.43. The summed E-state index contributed by atoms with van der Waals surface area (Å²) in [4.78, 5) is 5.12. The highest BCUT2D eigenvalue weighted by Crippen LogP contribution is 2.41. The lowest BCUT2D eigenvalue weighted by Crippen LogP contribution is -2.31. The first kappa shape index (κ1) is 23.1. The molecule has 0 aromatic rings. The van der Waals surface area contributed by atoms with Gasteiger partial charge in [-0.25, -0.2) is 4.39 Å². The molecule has 0 saturated heterocycles. The Hall–Kier alpha value is -1.96. The summed E-state index contributed by atoms with van der Waals surface area (Å²) in [6.45, 7) is 13.8. The van der Waals surface area contributed by atoms with Crippen LogP contribution in [-0.4, -0.2) is 5.71 Å². The van der Waals surface area contributed by atoms with Gasteiger partial charge in [-0.3, -0.25) is 4.99 Å². The molecule has 1 aliphatic carbocycles. The zero-order chi connectivity index (χ0) is 20.3. The fraction of sp³-hybridized carbons (Fsp3) is 0.480. The molecular formula is C25H36FN. The summed E-state index contributed by atoms with van der Waals surface area (Å²) in [7, 11) is 0. The van der Waals surface area contributed by atoms with Gasteiger partial charge in [0.05, 0.1) is 5.70 Å². The van der Waals surface area contributed by atoms with Gasteiger partial charge in [0.2, 0.25) is 0 Å². The molecule has 2 heteroatoms. The maximum absolute atomic E-state index is 13.2. The van der Waals surface area contributed by atoms with Gasteiger partial charge in [0, 0.05) is 11.1 Å². The summed E-state index contributed by atoms with van der Waals surface area (Å²) >= 11 is 0. The van der Waals surface area contributed by atoms with Crippen molar-refractivity contribution in [1.29, 1.82) is 0 Å². The van der Waals surface area contributed by atoms with Crippen LogP contribution in [0, 0.1) is 5.41 Å². The highest BCUT2D eigenvalue weighted by Gasteiger charge is 2.33. The van der Waals surface area contributed by atoms with Gasteiger partial charge in [0.15, 0.2) is 0 Å². The molecule has 0 spiro atoms. The third-order valence-corrected chi connectivity index (χ3v) is 5.59. The van der Waals surface area contributed by atoms with E-state index in [0.29, 0.717) is 0 Å². The Morgan fingerprint density at radius 1 is 1.04 bits per heavy atom. The fourth-order valence-electron chi connectivity index (χ4n) is 3.75. The van der Waals surface area contributed by atoms with Gasteiger partial charge in [0.25, 0.3) is 0 Å². The Morgan fingerprint density at radius 2 is 1.70 bits per heavy atom. The summed E-state index contributed by atoms with van der Waals surface area (Å²) in [5, 5.41) is 0. The molecular weight excluding hydrogens is 333 g/mol. The SMILES string of the molecule is C=C(F)/C=C\C(=CC)\C(N=C(C)C1(CC)CCCCC1)=C(C)/C=C\C=C/C.